The van der Waals surface area contributed by atoms with E-state index in [9.17, 15) is 4.39 Å². The van der Waals surface area contributed by atoms with Crippen molar-refractivity contribution >= 4 is 11.6 Å². The third-order valence-corrected chi connectivity index (χ3v) is 3.73. The number of halogens is 1. The van der Waals surface area contributed by atoms with Gasteiger partial charge in [0.15, 0.2) is 17.5 Å². The van der Waals surface area contributed by atoms with Gasteiger partial charge in [-0.2, -0.15) is 5.10 Å². The zero-order chi connectivity index (χ0) is 14.8. The first-order valence-electron chi connectivity index (χ1n) is 7.05. The van der Waals surface area contributed by atoms with Crippen LogP contribution in [0.5, 0.6) is 0 Å². The minimum atomic E-state index is -0.290. The van der Waals surface area contributed by atoms with E-state index in [4.69, 9.17) is 0 Å². The lowest BCUT2D eigenvalue weighted by Crippen LogP contribution is -2.25. The molecule has 1 aliphatic rings. The lowest BCUT2D eigenvalue weighted by Gasteiger charge is -2.25. The summed E-state index contributed by atoms with van der Waals surface area (Å²) < 4.78 is 14.0. The van der Waals surface area contributed by atoms with Gasteiger partial charge < -0.3 is 9.80 Å². The number of hydrogen-bond acceptors (Lipinski definition) is 5. The van der Waals surface area contributed by atoms with Gasteiger partial charge in [0.05, 0.1) is 11.7 Å². The number of pyridine rings is 1. The van der Waals surface area contributed by atoms with E-state index in [1.54, 1.807) is 12.3 Å². The summed E-state index contributed by atoms with van der Waals surface area (Å²) >= 11 is 0. The SMILES string of the molecule is CN(C)c1ccc(C2CCCN2c2ncccc2F)nn1. The van der Waals surface area contributed by atoms with Crippen LogP contribution in [0.15, 0.2) is 30.5 Å². The molecule has 1 saturated heterocycles. The van der Waals surface area contributed by atoms with Crippen molar-refractivity contribution in [1.29, 1.82) is 0 Å². The van der Waals surface area contributed by atoms with E-state index in [0.29, 0.717) is 5.82 Å². The standard InChI is InChI=1S/C15H18FN5/c1-20(2)14-8-7-12(18-19-14)13-6-4-10-21(13)15-11(16)5-3-9-17-15/h3,5,7-9,13H,4,6,10H2,1-2H3. The smallest absolute Gasteiger partial charge is 0.165 e. The van der Waals surface area contributed by atoms with Crippen molar-refractivity contribution in [3.63, 3.8) is 0 Å². The van der Waals surface area contributed by atoms with Gasteiger partial charge in [-0.1, -0.05) is 0 Å². The molecule has 0 spiro atoms. The molecule has 0 saturated carbocycles. The summed E-state index contributed by atoms with van der Waals surface area (Å²) in [6, 6.07) is 6.99. The summed E-state index contributed by atoms with van der Waals surface area (Å²) in [4.78, 5) is 8.06. The quantitative estimate of drug-likeness (QED) is 0.867. The fraction of sp³-hybridized carbons (Fsp3) is 0.400. The van der Waals surface area contributed by atoms with Crippen LogP contribution in [0.2, 0.25) is 0 Å². The first kappa shape index (κ1) is 13.7. The van der Waals surface area contributed by atoms with Gasteiger partial charge in [0, 0.05) is 26.8 Å². The Kier molecular flexibility index (Phi) is 3.68. The van der Waals surface area contributed by atoms with Crippen molar-refractivity contribution in [2.45, 2.75) is 18.9 Å². The highest BCUT2D eigenvalue weighted by molar-refractivity contribution is 5.44. The normalized spacial score (nSPS) is 18.0. The molecule has 0 radical (unpaired) electrons. The third-order valence-electron chi connectivity index (χ3n) is 3.73. The van der Waals surface area contributed by atoms with E-state index >= 15 is 0 Å². The Labute approximate surface area is 123 Å². The van der Waals surface area contributed by atoms with Crippen molar-refractivity contribution in [1.82, 2.24) is 15.2 Å². The van der Waals surface area contributed by atoms with Crippen LogP contribution in [0.1, 0.15) is 24.6 Å². The topological polar surface area (TPSA) is 45.2 Å². The van der Waals surface area contributed by atoms with Gasteiger partial charge >= 0.3 is 0 Å². The number of anilines is 2. The molecule has 3 rings (SSSR count). The van der Waals surface area contributed by atoms with Gasteiger partial charge in [-0.15, -0.1) is 5.10 Å². The Balaban J connectivity index is 1.89. The van der Waals surface area contributed by atoms with Crippen LogP contribution in [-0.2, 0) is 0 Å². The molecule has 5 nitrogen and oxygen atoms in total. The molecule has 1 atom stereocenters. The summed E-state index contributed by atoms with van der Waals surface area (Å²) in [5.41, 5.74) is 0.864. The molecule has 3 heterocycles. The van der Waals surface area contributed by atoms with Crippen LogP contribution in [0.25, 0.3) is 0 Å². The maximum Gasteiger partial charge on any atom is 0.165 e. The molecule has 2 aromatic heterocycles. The van der Waals surface area contributed by atoms with Gasteiger partial charge in [-0.05, 0) is 37.1 Å². The number of aromatic nitrogens is 3. The predicted molar refractivity (Wildman–Crippen MR) is 79.9 cm³/mol. The molecular formula is C15H18FN5. The number of rotatable bonds is 3. The second-order valence-electron chi connectivity index (χ2n) is 5.37. The van der Waals surface area contributed by atoms with Crippen LogP contribution in [-0.4, -0.2) is 35.8 Å². The second-order valence-corrected chi connectivity index (χ2v) is 5.37. The lowest BCUT2D eigenvalue weighted by molar-refractivity contribution is 0.597. The van der Waals surface area contributed by atoms with Gasteiger partial charge in [0.2, 0.25) is 0 Å². The zero-order valence-electron chi connectivity index (χ0n) is 12.2. The van der Waals surface area contributed by atoms with Crippen LogP contribution in [0, 0.1) is 5.82 Å². The molecule has 0 aromatic carbocycles. The van der Waals surface area contributed by atoms with Crippen LogP contribution in [0.4, 0.5) is 16.0 Å². The molecule has 110 valence electrons. The Morgan fingerprint density at radius 2 is 2.10 bits per heavy atom. The molecular weight excluding hydrogens is 269 g/mol. The van der Waals surface area contributed by atoms with Gasteiger partial charge in [0.25, 0.3) is 0 Å². The second kappa shape index (κ2) is 5.63. The van der Waals surface area contributed by atoms with Crippen molar-refractivity contribution in [3.05, 3.63) is 42.0 Å². The molecule has 0 amide bonds. The van der Waals surface area contributed by atoms with E-state index in [1.807, 2.05) is 36.0 Å². The van der Waals surface area contributed by atoms with Gasteiger partial charge in [-0.3, -0.25) is 0 Å². The monoisotopic (exact) mass is 287 g/mol. The fourth-order valence-corrected chi connectivity index (χ4v) is 2.67. The van der Waals surface area contributed by atoms with E-state index in [0.717, 1.165) is 30.9 Å². The van der Waals surface area contributed by atoms with Crippen LogP contribution < -0.4 is 9.80 Å². The molecule has 21 heavy (non-hydrogen) atoms. The summed E-state index contributed by atoms with van der Waals surface area (Å²) in [5.74, 6) is 0.924. The Morgan fingerprint density at radius 3 is 2.76 bits per heavy atom. The molecule has 6 heteroatoms. The first-order valence-corrected chi connectivity index (χ1v) is 7.05. The van der Waals surface area contributed by atoms with E-state index in [1.165, 1.54) is 6.07 Å². The largest absolute Gasteiger partial charge is 0.361 e. The number of hydrogen-bond donors (Lipinski definition) is 0. The molecule has 1 fully saturated rings. The lowest BCUT2D eigenvalue weighted by atomic mass is 10.1. The maximum absolute atomic E-state index is 14.0. The first-order chi connectivity index (χ1) is 10.2. The Hall–Kier alpha value is -2.24. The Bertz CT molecular complexity index is 614. The predicted octanol–water partition coefficient (Wildman–Crippen LogP) is 2.42. The molecule has 0 N–H and O–H groups in total. The average Bonchev–Trinajstić information content (AvgIpc) is 2.97. The van der Waals surface area contributed by atoms with Gasteiger partial charge in [0.1, 0.15) is 0 Å². The zero-order valence-corrected chi connectivity index (χ0v) is 12.2. The van der Waals surface area contributed by atoms with E-state index in [-0.39, 0.29) is 11.9 Å². The molecule has 1 unspecified atom stereocenters. The highest BCUT2D eigenvalue weighted by Crippen LogP contribution is 2.35. The van der Waals surface area contributed by atoms with Crippen molar-refractivity contribution in [2.24, 2.45) is 0 Å². The van der Waals surface area contributed by atoms with Crippen LogP contribution in [0.3, 0.4) is 0 Å². The minimum absolute atomic E-state index is 0.0399. The summed E-state index contributed by atoms with van der Waals surface area (Å²) in [6.07, 6.45) is 3.55. The summed E-state index contributed by atoms with van der Waals surface area (Å²) in [5, 5.41) is 8.51. The van der Waals surface area contributed by atoms with E-state index in [2.05, 4.69) is 15.2 Å². The van der Waals surface area contributed by atoms with Crippen molar-refractivity contribution in [2.75, 3.05) is 30.4 Å². The molecule has 0 bridgehead atoms. The maximum atomic E-state index is 14.0. The van der Waals surface area contributed by atoms with Crippen molar-refractivity contribution < 1.29 is 4.39 Å². The van der Waals surface area contributed by atoms with Gasteiger partial charge in [-0.25, -0.2) is 9.37 Å². The van der Waals surface area contributed by atoms with Crippen LogP contribution >= 0.6 is 0 Å². The Morgan fingerprint density at radius 1 is 1.24 bits per heavy atom. The fourth-order valence-electron chi connectivity index (χ4n) is 2.67. The average molecular weight is 287 g/mol. The van der Waals surface area contributed by atoms with Crippen molar-refractivity contribution in [3.8, 4) is 0 Å². The van der Waals surface area contributed by atoms with E-state index < -0.39 is 0 Å². The molecule has 1 aliphatic heterocycles. The summed E-state index contributed by atoms with van der Waals surface area (Å²) in [6.45, 7) is 0.787. The highest BCUT2D eigenvalue weighted by Gasteiger charge is 2.30. The minimum Gasteiger partial charge on any atom is -0.361 e. The molecule has 2 aromatic rings. The molecule has 0 aliphatic carbocycles. The third kappa shape index (κ3) is 2.66. The number of nitrogens with zero attached hydrogens (tertiary/aromatic N) is 5. The highest BCUT2D eigenvalue weighted by atomic mass is 19.1. The summed E-state index contributed by atoms with van der Waals surface area (Å²) in [7, 11) is 3.85.